The first kappa shape index (κ1) is 23.6. The molecule has 2 N–H and O–H groups in total. The molecule has 0 aromatic heterocycles. The normalized spacial score (nSPS) is 12.3. The Morgan fingerprint density at radius 2 is 1.66 bits per heavy atom. The molecule has 0 aliphatic rings. The van der Waals surface area contributed by atoms with Crippen molar-refractivity contribution in [3.63, 3.8) is 0 Å². The van der Waals surface area contributed by atoms with Crippen LogP contribution in [0.15, 0.2) is 47.4 Å². The largest absolute Gasteiger partial charge is 0.326 e. The van der Waals surface area contributed by atoms with Crippen LogP contribution in [-0.4, -0.2) is 17.1 Å². The van der Waals surface area contributed by atoms with E-state index in [1.807, 2.05) is 52.0 Å². The van der Waals surface area contributed by atoms with Gasteiger partial charge in [0, 0.05) is 32.7 Å². The summed E-state index contributed by atoms with van der Waals surface area (Å²) in [5.41, 5.74) is 1.21. The molecule has 0 saturated carbocycles. The average molecular weight is 453 g/mol. The Kier molecular flexibility index (Phi) is 8.44. The van der Waals surface area contributed by atoms with Gasteiger partial charge in [-0.1, -0.05) is 57.0 Å². The molecule has 0 saturated heterocycles. The number of amides is 2. The maximum absolute atomic E-state index is 12.7. The van der Waals surface area contributed by atoms with Gasteiger partial charge in [-0.25, -0.2) is 0 Å². The molecule has 0 aliphatic heterocycles. The summed E-state index contributed by atoms with van der Waals surface area (Å²) in [6.07, 6.45) is 1.08. The van der Waals surface area contributed by atoms with Crippen molar-refractivity contribution in [3.8, 4) is 0 Å². The second-order valence-corrected chi connectivity index (χ2v) is 10.1. The highest BCUT2D eigenvalue weighted by atomic mass is 35.5. The molecule has 0 bridgehead atoms. The van der Waals surface area contributed by atoms with E-state index in [1.165, 1.54) is 11.8 Å². The minimum atomic E-state index is -0.298. The van der Waals surface area contributed by atoms with Crippen LogP contribution in [0.2, 0.25) is 10.0 Å². The van der Waals surface area contributed by atoms with Gasteiger partial charge in [-0.2, -0.15) is 0 Å². The van der Waals surface area contributed by atoms with Gasteiger partial charge in [-0.05, 0) is 48.2 Å². The maximum Gasteiger partial charge on any atom is 0.237 e. The summed E-state index contributed by atoms with van der Waals surface area (Å²) in [7, 11) is 0. The molecule has 2 rings (SSSR count). The fourth-order valence-corrected chi connectivity index (χ4v) is 4.21. The van der Waals surface area contributed by atoms with E-state index < -0.39 is 0 Å². The number of thioether (sulfide) groups is 1. The molecular weight excluding hydrogens is 427 g/mol. The van der Waals surface area contributed by atoms with Crippen molar-refractivity contribution < 1.29 is 9.59 Å². The van der Waals surface area contributed by atoms with Gasteiger partial charge in [0.25, 0.3) is 0 Å². The fourth-order valence-electron chi connectivity index (χ4n) is 2.67. The highest BCUT2D eigenvalue weighted by molar-refractivity contribution is 8.00. The molecule has 0 fully saturated rings. The van der Waals surface area contributed by atoms with Crippen molar-refractivity contribution in [2.75, 3.05) is 10.6 Å². The van der Waals surface area contributed by atoms with E-state index in [0.29, 0.717) is 28.6 Å². The van der Waals surface area contributed by atoms with Crippen molar-refractivity contribution in [2.24, 2.45) is 5.41 Å². The van der Waals surface area contributed by atoms with E-state index in [1.54, 1.807) is 18.2 Å². The summed E-state index contributed by atoms with van der Waals surface area (Å²) < 4.78 is 0. The number of benzene rings is 2. The molecule has 0 radical (unpaired) electrons. The number of carbonyl (C=O) groups is 2. The van der Waals surface area contributed by atoms with Crippen LogP contribution < -0.4 is 10.6 Å². The standard InChI is InChI=1S/C22H26Cl2N2O2S/c1-5-19(21(28)26-17-10-14(23)9-15(24)11-17)29-18-8-6-7-16(12-18)25-20(27)13-22(2,3)4/h6-12,19H,5,13H2,1-4H3,(H,25,27)(H,26,28). The van der Waals surface area contributed by atoms with Gasteiger partial charge in [0.1, 0.15) is 0 Å². The van der Waals surface area contributed by atoms with Gasteiger partial charge >= 0.3 is 0 Å². The minimum Gasteiger partial charge on any atom is -0.326 e. The zero-order valence-electron chi connectivity index (χ0n) is 17.0. The number of rotatable bonds is 7. The SMILES string of the molecule is CCC(Sc1cccc(NC(=O)CC(C)(C)C)c1)C(=O)Nc1cc(Cl)cc(Cl)c1. The Balaban J connectivity index is 2.04. The van der Waals surface area contributed by atoms with Crippen molar-refractivity contribution in [3.05, 3.63) is 52.5 Å². The Hall–Kier alpha value is -1.69. The van der Waals surface area contributed by atoms with Crippen molar-refractivity contribution in [1.82, 2.24) is 0 Å². The highest BCUT2D eigenvalue weighted by Gasteiger charge is 2.19. The molecule has 0 spiro atoms. The third-order valence-corrected chi connectivity index (χ3v) is 5.67. The van der Waals surface area contributed by atoms with Crippen molar-refractivity contribution in [1.29, 1.82) is 0 Å². The molecule has 4 nitrogen and oxygen atoms in total. The molecule has 156 valence electrons. The van der Waals surface area contributed by atoms with Crippen LogP contribution in [0.4, 0.5) is 11.4 Å². The number of halogens is 2. The topological polar surface area (TPSA) is 58.2 Å². The van der Waals surface area contributed by atoms with E-state index in [-0.39, 0.29) is 22.5 Å². The van der Waals surface area contributed by atoms with E-state index >= 15 is 0 Å². The zero-order valence-corrected chi connectivity index (χ0v) is 19.3. The van der Waals surface area contributed by atoms with E-state index in [4.69, 9.17) is 23.2 Å². The third kappa shape index (κ3) is 8.29. The molecule has 0 heterocycles. The Labute approximate surface area is 186 Å². The molecule has 29 heavy (non-hydrogen) atoms. The van der Waals surface area contributed by atoms with Gasteiger partial charge in [0.05, 0.1) is 5.25 Å². The van der Waals surface area contributed by atoms with Crippen LogP contribution in [0.1, 0.15) is 40.5 Å². The van der Waals surface area contributed by atoms with Crippen LogP contribution in [0.3, 0.4) is 0 Å². The van der Waals surface area contributed by atoms with Gasteiger partial charge in [0.15, 0.2) is 0 Å². The van der Waals surface area contributed by atoms with E-state index in [9.17, 15) is 9.59 Å². The monoisotopic (exact) mass is 452 g/mol. The lowest BCUT2D eigenvalue weighted by Gasteiger charge is -2.18. The minimum absolute atomic E-state index is 0.0257. The average Bonchev–Trinajstić information content (AvgIpc) is 2.57. The van der Waals surface area contributed by atoms with Crippen molar-refractivity contribution >= 4 is 58.2 Å². The number of hydrogen-bond donors (Lipinski definition) is 2. The summed E-state index contributed by atoms with van der Waals surface area (Å²) >= 11 is 13.5. The predicted molar refractivity (Wildman–Crippen MR) is 124 cm³/mol. The third-order valence-electron chi connectivity index (χ3n) is 3.88. The zero-order chi connectivity index (χ0) is 21.6. The first-order valence-electron chi connectivity index (χ1n) is 9.39. The van der Waals surface area contributed by atoms with Crippen LogP contribution >= 0.6 is 35.0 Å². The Morgan fingerprint density at radius 3 is 2.24 bits per heavy atom. The number of carbonyl (C=O) groups excluding carboxylic acids is 2. The smallest absolute Gasteiger partial charge is 0.237 e. The predicted octanol–water partition coefficient (Wildman–Crippen LogP) is 6.88. The quantitative estimate of drug-likeness (QED) is 0.450. The first-order chi connectivity index (χ1) is 13.6. The van der Waals surface area contributed by atoms with Gasteiger partial charge in [-0.3, -0.25) is 9.59 Å². The molecule has 7 heteroatoms. The highest BCUT2D eigenvalue weighted by Crippen LogP contribution is 2.30. The lowest BCUT2D eigenvalue weighted by molar-refractivity contribution is -0.118. The van der Waals surface area contributed by atoms with Gasteiger partial charge in [-0.15, -0.1) is 11.8 Å². The number of anilines is 2. The molecule has 1 unspecified atom stereocenters. The lowest BCUT2D eigenvalue weighted by atomic mass is 9.92. The van der Waals surface area contributed by atoms with Crippen LogP contribution in [0, 0.1) is 5.41 Å². The Morgan fingerprint density at radius 1 is 1.00 bits per heavy atom. The molecule has 1 atom stereocenters. The summed E-state index contributed by atoms with van der Waals surface area (Å²) in [6.45, 7) is 8.03. The molecule has 0 aliphatic carbocycles. The summed E-state index contributed by atoms with van der Waals surface area (Å²) in [6, 6.07) is 12.5. The van der Waals surface area contributed by atoms with Gasteiger partial charge < -0.3 is 10.6 Å². The maximum atomic E-state index is 12.7. The van der Waals surface area contributed by atoms with E-state index in [2.05, 4.69) is 10.6 Å². The number of nitrogens with one attached hydrogen (secondary N) is 2. The Bertz CT molecular complexity index is 861. The second kappa shape index (κ2) is 10.4. The molecular formula is C22H26Cl2N2O2S. The molecule has 2 aromatic carbocycles. The molecule has 2 amide bonds. The number of hydrogen-bond acceptors (Lipinski definition) is 3. The van der Waals surface area contributed by atoms with Gasteiger partial charge in [0.2, 0.25) is 11.8 Å². The lowest BCUT2D eigenvalue weighted by Crippen LogP contribution is -2.24. The summed E-state index contributed by atoms with van der Waals surface area (Å²) in [4.78, 5) is 25.8. The summed E-state index contributed by atoms with van der Waals surface area (Å²) in [5.74, 6) is -0.153. The summed E-state index contributed by atoms with van der Waals surface area (Å²) in [5, 5.41) is 6.43. The van der Waals surface area contributed by atoms with Crippen LogP contribution in [-0.2, 0) is 9.59 Å². The fraction of sp³-hybridized carbons (Fsp3) is 0.364. The van der Waals surface area contributed by atoms with Crippen LogP contribution in [0.5, 0.6) is 0 Å². The molecule has 2 aromatic rings. The first-order valence-corrected chi connectivity index (χ1v) is 11.0. The van der Waals surface area contributed by atoms with E-state index in [0.717, 1.165) is 10.6 Å². The second-order valence-electron chi connectivity index (χ2n) is 7.98. The van der Waals surface area contributed by atoms with Crippen LogP contribution in [0.25, 0.3) is 0 Å². The van der Waals surface area contributed by atoms with Crippen molar-refractivity contribution in [2.45, 2.75) is 50.7 Å².